The van der Waals surface area contributed by atoms with Gasteiger partial charge in [-0.05, 0) is 56.1 Å². The molecule has 0 amide bonds. The van der Waals surface area contributed by atoms with E-state index in [1.807, 2.05) is 32.3 Å². The zero-order chi connectivity index (χ0) is 21.7. The Kier molecular flexibility index (Phi) is 6.83. The largest absolute Gasteiger partial charge is 0.493 e. The summed E-state index contributed by atoms with van der Waals surface area (Å²) in [5, 5.41) is 13.3. The van der Waals surface area contributed by atoms with Gasteiger partial charge in [-0.25, -0.2) is 0 Å². The van der Waals surface area contributed by atoms with Crippen LogP contribution in [0.15, 0.2) is 46.9 Å². The van der Waals surface area contributed by atoms with Crippen LogP contribution in [0.4, 0.5) is 5.88 Å². The van der Waals surface area contributed by atoms with Crippen LogP contribution in [0, 0.1) is 11.3 Å². The SMILES string of the molecule is COc1ccc(C(CNc2oc(-c3ccc(Cl)cc3)nc2C#N)N(C)C)cc1OC. The lowest BCUT2D eigenvalue weighted by Crippen LogP contribution is -2.27. The topological polar surface area (TPSA) is 83.5 Å². The van der Waals surface area contributed by atoms with Crippen LogP contribution < -0.4 is 14.8 Å². The first kappa shape index (κ1) is 21.5. The van der Waals surface area contributed by atoms with E-state index in [4.69, 9.17) is 25.5 Å². The first-order chi connectivity index (χ1) is 14.5. The highest BCUT2D eigenvalue weighted by molar-refractivity contribution is 6.30. The van der Waals surface area contributed by atoms with Gasteiger partial charge in [0, 0.05) is 17.1 Å². The summed E-state index contributed by atoms with van der Waals surface area (Å²) in [4.78, 5) is 6.36. The van der Waals surface area contributed by atoms with Gasteiger partial charge in [0.15, 0.2) is 11.5 Å². The first-order valence-corrected chi connectivity index (χ1v) is 9.63. The van der Waals surface area contributed by atoms with Crippen molar-refractivity contribution in [1.82, 2.24) is 9.88 Å². The van der Waals surface area contributed by atoms with Crippen molar-refractivity contribution >= 4 is 17.5 Å². The molecule has 1 unspecified atom stereocenters. The summed E-state index contributed by atoms with van der Waals surface area (Å²) in [7, 11) is 7.17. The summed E-state index contributed by atoms with van der Waals surface area (Å²) in [6.07, 6.45) is 0. The number of oxazole rings is 1. The summed E-state index contributed by atoms with van der Waals surface area (Å²) >= 11 is 5.94. The molecule has 0 saturated carbocycles. The molecular weight excluding hydrogens is 404 g/mol. The highest BCUT2D eigenvalue weighted by Crippen LogP contribution is 2.32. The minimum Gasteiger partial charge on any atom is -0.493 e. The van der Waals surface area contributed by atoms with Crippen molar-refractivity contribution in [2.45, 2.75) is 6.04 Å². The Morgan fingerprint density at radius 1 is 1.13 bits per heavy atom. The number of anilines is 1. The highest BCUT2D eigenvalue weighted by Gasteiger charge is 2.20. The van der Waals surface area contributed by atoms with Crippen LogP contribution in [0.5, 0.6) is 11.5 Å². The molecule has 1 atom stereocenters. The van der Waals surface area contributed by atoms with E-state index in [0.29, 0.717) is 34.8 Å². The molecule has 1 aromatic heterocycles. The number of ether oxygens (including phenoxy) is 2. The van der Waals surface area contributed by atoms with Crippen LogP contribution in [0.1, 0.15) is 17.3 Å². The van der Waals surface area contributed by atoms with E-state index in [-0.39, 0.29) is 11.7 Å². The second kappa shape index (κ2) is 9.53. The predicted octanol–water partition coefficient (Wildman–Crippen LogP) is 4.60. The molecule has 0 aliphatic heterocycles. The number of benzene rings is 2. The van der Waals surface area contributed by atoms with Crippen molar-refractivity contribution < 1.29 is 13.9 Å². The maximum atomic E-state index is 9.47. The Labute approximate surface area is 180 Å². The normalized spacial score (nSPS) is 11.8. The van der Waals surface area contributed by atoms with Gasteiger partial charge in [0.1, 0.15) is 6.07 Å². The second-order valence-corrected chi connectivity index (χ2v) is 7.23. The summed E-state index contributed by atoms with van der Waals surface area (Å²) < 4.78 is 16.6. The molecule has 7 nitrogen and oxygen atoms in total. The minimum absolute atomic E-state index is 0.0135. The van der Waals surface area contributed by atoms with Gasteiger partial charge < -0.3 is 24.1 Å². The van der Waals surface area contributed by atoms with Crippen molar-refractivity contribution in [2.24, 2.45) is 0 Å². The standard InChI is InChI=1S/C22H23ClN4O3/c1-27(2)18(15-7-10-19(28-3)20(11-15)29-4)13-25-22-17(12-24)26-21(30-22)14-5-8-16(23)9-6-14/h5-11,18,25H,13H2,1-4H3. The first-order valence-electron chi connectivity index (χ1n) is 9.26. The number of aromatic nitrogens is 1. The van der Waals surface area contributed by atoms with Gasteiger partial charge in [0.25, 0.3) is 0 Å². The Hall–Kier alpha value is -3.21. The fraction of sp³-hybridized carbons (Fsp3) is 0.273. The molecule has 0 bridgehead atoms. The maximum absolute atomic E-state index is 9.47. The molecule has 0 aliphatic rings. The van der Waals surface area contributed by atoms with Crippen LogP contribution in [0.25, 0.3) is 11.5 Å². The third kappa shape index (κ3) is 4.67. The average Bonchev–Trinajstić information content (AvgIpc) is 3.17. The van der Waals surface area contributed by atoms with Crippen LogP contribution in [0.3, 0.4) is 0 Å². The van der Waals surface area contributed by atoms with E-state index in [1.54, 1.807) is 38.5 Å². The minimum atomic E-state index is -0.0135. The van der Waals surface area contributed by atoms with Crippen molar-refractivity contribution in [3.8, 4) is 29.0 Å². The van der Waals surface area contributed by atoms with E-state index in [9.17, 15) is 5.26 Å². The number of likely N-dealkylation sites (N-methyl/N-ethyl adjacent to an activating group) is 1. The van der Waals surface area contributed by atoms with Crippen molar-refractivity contribution in [3.05, 3.63) is 58.7 Å². The van der Waals surface area contributed by atoms with Gasteiger partial charge >= 0.3 is 0 Å². The molecule has 156 valence electrons. The van der Waals surface area contributed by atoms with Crippen molar-refractivity contribution in [3.63, 3.8) is 0 Å². The summed E-state index contributed by atoms with van der Waals surface area (Å²) in [6, 6.07) is 15.0. The van der Waals surface area contributed by atoms with E-state index in [0.717, 1.165) is 11.1 Å². The summed E-state index contributed by atoms with van der Waals surface area (Å²) in [5.41, 5.74) is 1.97. The fourth-order valence-corrected chi connectivity index (χ4v) is 3.21. The van der Waals surface area contributed by atoms with Crippen LogP contribution in [0.2, 0.25) is 5.02 Å². The van der Waals surface area contributed by atoms with Gasteiger partial charge in [-0.3, -0.25) is 0 Å². The molecule has 0 fully saturated rings. The molecule has 30 heavy (non-hydrogen) atoms. The second-order valence-electron chi connectivity index (χ2n) is 6.79. The lowest BCUT2D eigenvalue weighted by atomic mass is 10.1. The number of rotatable bonds is 8. The van der Waals surface area contributed by atoms with E-state index < -0.39 is 0 Å². The zero-order valence-electron chi connectivity index (χ0n) is 17.3. The van der Waals surface area contributed by atoms with E-state index in [2.05, 4.69) is 21.3 Å². The number of halogens is 1. The highest BCUT2D eigenvalue weighted by atomic mass is 35.5. The molecular formula is C22H23ClN4O3. The molecule has 2 aromatic carbocycles. The molecule has 1 heterocycles. The smallest absolute Gasteiger partial charge is 0.232 e. The lowest BCUT2D eigenvalue weighted by Gasteiger charge is -2.25. The molecule has 1 N–H and O–H groups in total. The number of nitriles is 1. The summed E-state index contributed by atoms with van der Waals surface area (Å²) in [6.45, 7) is 0.492. The molecule has 0 saturated heterocycles. The molecule has 8 heteroatoms. The third-order valence-corrected chi connectivity index (χ3v) is 4.95. The van der Waals surface area contributed by atoms with E-state index >= 15 is 0 Å². The number of nitrogens with zero attached hydrogens (tertiary/aromatic N) is 3. The van der Waals surface area contributed by atoms with Crippen molar-refractivity contribution in [2.75, 3.05) is 40.2 Å². The number of methoxy groups -OCH3 is 2. The Morgan fingerprint density at radius 3 is 2.43 bits per heavy atom. The van der Waals surface area contributed by atoms with Crippen molar-refractivity contribution in [1.29, 1.82) is 5.26 Å². The van der Waals surface area contributed by atoms with Gasteiger partial charge in [-0.2, -0.15) is 10.2 Å². The van der Waals surface area contributed by atoms with Crippen LogP contribution in [-0.4, -0.2) is 44.7 Å². The van der Waals surface area contributed by atoms with Gasteiger partial charge in [-0.15, -0.1) is 0 Å². The fourth-order valence-electron chi connectivity index (χ4n) is 3.08. The molecule has 3 aromatic rings. The molecule has 0 aliphatic carbocycles. The van der Waals surface area contributed by atoms with Gasteiger partial charge in [-0.1, -0.05) is 17.7 Å². The lowest BCUT2D eigenvalue weighted by molar-refractivity contribution is 0.307. The van der Waals surface area contributed by atoms with Gasteiger partial charge in [0.05, 0.1) is 20.3 Å². The zero-order valence-corrected chi connectivity index (χ0v) is 18.0. The van der Waals surface area contributed by atoms with Crippen LogP contribution in [-0.2, 0) is 0 Å². The number of hydrogen-bond donors (Lipinski definition) is 1. The third-order valence-electron chi connectivity index (χ3n) is 4.70. The van der Waals surface area contributed by atoms with Gasteiger partial charge in [0.2, 0.25) is 17.5 Å². The molecule has 3 rings (SSSR count). The quantitative estimate of drug-likeness (QED) is 0.563. The predicted molar refractivity (Wildman–Crippen MR) is 116 cm³/mol. The Bertz CT molecular complexity index is 1040. The Balaban J connectivity index is 1.83. The average molecular weight is 427 g/mol. The Morgan fingerprint density at radius 2 is 1.83 bits per heavy atom. The van der Waals surface area contributed by atoms with Crippen LogP contribution >= 0.6 is 11.6 Å². The molecule has 0 radical (unpaired) electrons. The summed E-state index contributed by atoms with van der Waals surface area (Å²) in [5.74, 6) is 2.01. The number of nitrogens with one attached hydrogen (secondary N) is 1. The monoisotopic (exact) mass is 426 g/mol. The number of hydrogen-bond acceptors (Lipinski definition) is 7. The molecule has 0 spiro atoms. The van der Waals surface area contributed by atoms with E-state index in [1.165, 1.54) is 0 Å². The maximum Gasteiger partial charge on any atom is 0.232 e.